The number of carbonyl (C=O) groups is 2. The van der Waals surface area contributed by atoms with Crippen LogP contribution in [-0.4, -0.2) is 63.3 Å². The fraction of sp³-hybridized carbons (Fsp3) is 0.500. The maximum Gasteiger partial charge on any atom is 0.254 e. The standard InChI is InChI=1S/C20H25N5O3/c1-3-17(26)25-9-5-15-18(23-13-22-15)20(25)6-10-24(11-7-20)19(27)14-4-8-21-16(12-14)28-2/h4,8,12-13H,3,5-7,9-11H2,1-2H3,(H,22,23). The zero-order valence-electron chi connectivity index (χ0n) is 16.3. The van der Waals surface area contributed by atoms with Crippen LogP contribution in [0.4, 0.5) is 0 Å². The van der Waals surface area contributed by atoms with Gasteiger partial charge in [-0.05, 0) is 18.9 Å². The molecule has 0 radical (unpaired) electrons. The normalized spacial score (nSPS) is 18.1. The van der Waals surface area contributed by atoms with E-state index in [-0.39, 0.29) is 11.8 Å². The summed E-state index contributed by atoms with van der Waals surface area (Å²) in [6, 6.07) is 3.36. The molecule has 28 heavy (non-hydrogen) atoms. The number of methoxy groups -OCH3 is 1. The smallest absolute Gasteiger partial charge is 0.254 e. The molecule has 1 fully saturated rings. The lowest BCUT2D eigenvalue weighted by molar-refractivity contribution is -0.141. The summed E-state index contributed by atoms with van der Waals surface area (Å²) in [7, 11) is 1.53. The van der Waals surface area contributed by atoms with Crippen LogP contribution in [0.25, 0.3) is 0 Å². The highest BCUT2D eigenvalue weighted by molar-refractivity contribution is 5.94. The number of amides is 2. The third-order valence-corrected chi connectivity index (χ3v) is 5.93. The Morgan fingerprint density at radius 1 is 1.25 bits per heavy atom. The van der Waals surface area contributed by atoms with Crippen LogP contribution < -0.4 is 4.74 Å². The van der Waals surface area contributed by atoms with Gasteiger partial charge >= 0.3 is 0 Å². The zero-order valence-corrected chi connectivity index (χ0v) is 16.3. The van der Waals surface area contributed by atoms with Gasteiger partial charge in [-0.1, -0.05) is 6.92 Å². The number of fused-ring (bicyclic) bond motifs is 2. The Kier molecular flexibility index (Phi) is 4.78. The number of aromatic nitrogens is 3. The largest absolute Gasteiger partial charge is 0.481 e. The van der Waals surface area contributed by atoms with E-state index in [2.05, 4.69) is 15.0 Å². The van der Waals surface area contributed by atoms with Crippen molar-refractivity contribution in [3.63, 3.8) is 0 Å². The average Bonchev–Trinajstić information content (AvgIpc) is 3.24. The Bertz CT molecular complexity index is 885. The Hall–Kier alpha value is -2.90. The molecule has 0 atom stereocenters. The molecule has 0 saturated carbocycles. The topological polar surface area (TPSA) is 91.4 Å². The Balaban J connectivity index is 1.57. The molecule has 0 bridgehead atoms. The van der Waals surface area contributed by atoms with Gasteiger partial charge in [0.25, 0.3) is 5.91 Å². The van der Waals surface area contributed by atoms with Crippen molar-refractivity contribution in [1.29, 1.82) is 0 Å². The fourth-order valence-electron chi connectivity index (χ4n) is 4.46. The van der Waals surface area contributed by atoms with Crippen molar-refractivity contribution in [3.8, 4) is 5.88 Å². The van der Waals surface area contributed by atoms with Crippen LogP contribution in [0.1, 0.15) is 47.9 Å². The predicted molar refractivity (Wildman–Crippen MR) is 102 cm³/mol. The number of rotatable bonds is 3. The summed E-state index contributed by atoms with van der Waals surface area (Å²) >= 11 is 0. The lowest BCUT2D eigenvalue weighted by Gasteiger charge is -2.50. The summed E-state index contributed by atoms with van der Waals surface area (Å²) < 4.78 is 5.13. The van der Waals surface area contributed by atoms with Gasteiger partial charge in [0.05, 0.1) is 24.7 Å². The maximum absolute atomic E-state index is 12.9. The van der Waals surface area contributed by atoms with Gasteiger partial charge in [0.1, 0.15) is 0 Å². The van der Waals surface area contributed by atoms with E-state index in [1.54, 1.807) is 24.7 Å². The SMILES string of the molecule is CCC(=O)N1CCc2[nH]cnc2C12CCN(C(=O)c1ccnc(OC)c1)CC2. The lowest BCUT2D eigenvalue weighted by Crippen LogP contribution is -2.58. The highest BCUT2D eigenvalue weighted by Crippen LogP contribution is 2.42. The number of nitrogens with zero attached hydrogens (tertiary/aromatic N) is 4. The number of piperidine rings is 1. The number of nitrogens with one attached hydrogen (secondary N) is 1. The number of H-pyrrole nitrogens is 1. The van der Waals surface area contributed by atoms with Crippen molar-refractivity contribution in [2.75, 3.05) is 26.7 Å². The van der Waals surface area contributed by atoms with Crippen LogP contribution in [0.3, 0.4) is 0 Å². The summed E-state index contributed by atoms with van der Waals surface area (Å²) in [5, 5.41) is 0. The Labute approximate surface area is 163 Å². The number of aromatic amines is 1. The number of hydrogen-bond acceptors (Lipinski definition) is 5. The molecule has 4 rings (SSSR count). The number of imidazole rings is 1. The van der Waals surface area contributed by atoms with Crippen molar-refractivity contribution in [1.82, 2.24) is 24.8 Å². The minimum Gasteiger partial charge on any atom is -0.481 e. The average molecular weight is 383 g/mol. The summed E-state index contributed by atoms with van der Waals surface area (Å²) in [5.74, 6) is 0.529. The number of carbonyl (C=O) groups excluding carboxylic acids is 2. The number of hydrogen-bond donors (Lipinski definition) is 1. The van der Waals surface area contributed by atoms with Gasteiger partial charge in [0, 0.05) is 56.0 Å². The van der Waals surface area contributed by atoms with Crippen LogP contribution in [0.15, 0.2) is 24.7 Å². The van der Waals surface area contributed by atoms with E-state index in [0.717, 1.165) is 17.8 Å². The van der Waals surface area contributed by atoms with Gasteiger partial charge < -0.3 is 19.5 Å². The highest BCUT2D eigenvalue weighted by atomic mass is 16.5. The first kappa shape index (κ1) is 18.5. The minimum atomic E-state index is -0.423. The molecular weight excluding hydrogens is 358 g/mol. The molecule has 4 heterocycles. The molecule has 0 aromatic carbocycles. The molecule has 2 aliphatic rings. The van der Waals surface area contributed by atoms with E-state index in [9.17, 15) is 9.59 Å². The van der Waals surface area contributed by atoms with Gasteiger partial charge in [-0.2, -0.15) is 0 Å². The molecule has 0 unspecified atom stereocenters. The summed E-state index contributed by atoms with van der Waals surface area (Å²) in [6.45, 7) is 3.73. The monoisotopic (exact) mass is 383 g/mol. The first-order chi connectivity index (χ1) is 13.6. The second kappa shape index (κ2) is 7.26. The molecule has 0 aliphatic carbocycles. The van der Waals surface area contributed by atoms with E-state index < -0.39 is 5.54 Å². The van der Waals surface area contributed by atoms with Crippen molar-refractivity contribution >= 4 is 11.8 Å². The first-order valence-electron chi connectivity index (χ1n) is 9.71. The second-order valence-corrected chi connectivity index (χ2v) is 7.29. The van der Waals surface area contributed by atoms with Crippen LogP contribution in [0, 0.1) is 0 Å². The summed E-state index contributed by atoms with van der Waals surface area (Å²) in [6.07, 6.45) is 5.93. The molecular formula is C20H25N5O3. The number of pyridine rings is 1. The van der Waals surface area contributed by atoms with Crippen LogP contribution in [-0.2, 0) is 16.8 Å². The molecule has 2 aromatic rings. The Morgan fingerprint density at radius 3 is 2.75 bits per heavy atom. The summed E-state index contributed by atoms with van der Waals surface area (Å²) in [5.41, 5.74) is 2.22. The molecule has 1 N–H and O–H groups in total. The van der Waals surface area contributed by atoms with Gasteiger partial charge in [-0.25, -0.2) is 9.97 Å². The van der Waals surface area contributed by atoms with E-state index in [4.69, 9.17) is 4.74 Å². The lowest BCUT2D eigenvalue weighted by atomic mass is 9.78. The van der Waals surface area contributed by atoms with E-state index in [1.807, 2.05) is 16.7 Å². The van der Waals surface area contributed by atoms with Gasteiger partial charge in [-0.15, -0.1) is 0 Å². The number of likely N-dealkylation sites (tertiary alicyclic amines) is 1. The molecule has 2 amide bonds. The first-order valence-corrected chi connectivity index (χ1v) is 9.71. The molecule has 8 nitrogen and oxygen atoms in total. The van der Waals surface area contributed by atoms with E-state index >= 15 is 0 Å². The summed E-state index contributed by atoms with van der Waals surface area (Å²) in [4.78, 5) is 41.3. The van der Waals surface area contributed by atoms with Crippen molar-refractivity contribution in [3.05, 3.63) is 41.6 Å². The maximum atomic E-state index is 12.9. The Morgan fingerprint density at radius 2 is 2.04 bits per heavy atom. The quantitative estimate of drug-likeness (QED) is 0.872. The van der Waals surface area contributed by atoms with Crippen molar-refractivity contribution in [2.45, 2.75) is 38.1 Å². The minimum absolute atomic E-state index is 0.0398. The highest BCUT2D eigenvalue weighted by Gasteiger charge is 2.48. The number of ether oxygens (including phenoxy) is 1. The van der Waals surface area contributed by atoms with Gasteiger partial charge in [-0.3, -0.25) is 9.59 Å². The van der Waals surface area contributed by atoms with Crippen molar-refractivity contribution in [2.24, 2.45) is 0 Å². The molecule has 8 heteroatoms. The zero-order chi connectivity index (χ0) is 19.7. The van der Waals surface area contributed by atoms with Crippen LogP contribution in [0.2, 0.25) is 0 Å². The molecule has 1 saturated heterocycles. The predicted octanol–water partition coefficient (Wildman–Crippen LogP) is 1.74. The molecule has 148 valence electrons. The van der Waals surface area contributed by atoms with Crippen LogP contribution in [0.5, 0.6) is 5.88 Å². The third-order valence-electron chi connectivity index (χ3n) is 5.93. The fourth-order valence-corrected chi connectivity index (χ4v) is 4.46. The van der Waals surface area contributed by atoms with E-state index in [1.165, 1.54) is 7.11 Å². The van der Waals surface area contributed by atoms with Crippen molar-refractivity contribution < 1.29 is 14.3 Å². The molecule has 2 aromatic heterocycles. The van der Waals surface area contributed by atoms with E-state index in [0.29, 0.717) is 50.3 Å². The van der Waals surface area contributed by atoms with Gasteiger partial charge in [0.15, 0.2) is 0 Å². The van der Waals surface area contributed by atoms with Gasteiger partial charge in [0.2, 0.25) is 11.8 Å². The second-order valence-electron chi connectivity index (χ2n) is 7.29. The molecule has 2 aliphatic heterocycles. The van der Waals surface area contributed by atoms with Crippen LogP contribution >= 0.6 is 0 Å². The molecule has 1 spiro atoms. The third kappa shape index (κ3) is 2.93.